The van der Waals surface area contributed by atoms with Crippen LogP contribution in [-0.2, 0) is 15.8 Å². The number of ether oxygens (including phenoxy) is 1. The molecule has 1 aliphatic heterocycles. The largest absolute Gasteiger partial charge is 0.504 e. The van der Waals surface area contributed by atoms with Crippen LogP contribution in [0.5, 0.6) is 11.5 Å². The summed E-state index contributed by atoms with van der Waals surface area (Å²) in [7, 11) is 1.30. The van der Waals surface area contributed by atoms with Gasteiger partial charge in [0.1, 0.15) is 5.57 Å². The van der Waals surface area contributed by atoms with Crippen molar-refractivity contribution in [2.45, 2.75) is 6.18 Å². The van der Waals surface area contributed by atoms with E-state index in [9.17, 15) is 32.7 Å². The maximum absolute atomic E-state index is 13.1. The molecule has 12 heteroatoms. The van der Waals surface area contributed by atoms with Gasteiger partial charge in [-0.2, -0.15) is 13.2 Å². The quantitative estimate of drug-likeness (QED) is 0.327. The lowest BCUT2D eigenvalue weighted by Crippen LogP contribution is -2.54. The first-order valence-electron chi connectivity index (χ1n) is 8.28. The molecular weight excluding hydrogens is 556 g/mol. The fourth-order valence-electron chi connectivity index (χ4n) is 2.74. The molecule has 0 radical (unpaired) electrons. The molecule has 0 bridgehead atoms. The van der Waals surface area contributed by atoms with E-state index in [-0.39, 0.29) is 22.1 Å². The molecular formula is C19H11ClF3IN2O5. The Morgan fingerprint density at radius 2 is 1.87 bits per heavy atom. The standard InChI is InChI=1S/C19H11ClF3IN2O5/c1-31-14-6-8(5-12(24)15(14)27)4-10-16(28)25-18(30)26(17(10)29)13-7-9(19(21,22)23)2-3-11(13)20/h2-7,27H,1H3,(H,25,28,30)/b10-4+. The van der Waals surface area contributed by atoms with Crippen LogP contribution in [-0.4, -0.2) is 30.1 Å². The number of nitrogens with one attached hydrogen (secondary N) is 1. The highest BCUT2D eigenvalue weighted by Gasteiger charge is 2.39. The third-order valence-corrected chi connectivity index (χ3v) is 5.34. The fourth-order valence-corrected chi connectivity index (χ4v) is 3.56. The number of amides is 4. The van der Waals surface area contributed by atoms with Crippen LogP contribution in [0, 0.1) is 3.57 Å². The molecule has 1 heterocycles. The summed E-state index contributed by atoms with van der Waals surface area (Å²) in [6.45, 7) is 0. The second kappa shape index (κ2) is 8.38. The van der Waals surface area contributed by atoms with E-state index >= 15 is 0 Å². The van der Waals surface area contributed by atoms with Crippen molar-refractivity contribution >= 4 is 63.8 Å². The molecule has 3 rings (SSSR count). The predicted molar refractivity (Wildman–Crippen MR) is 113 cm³/mol. The molecule has 2 aromatic rings. The third-order valence-electron chi connectivity index (χ3n) is 4.20. The summed E-state index contributed by atoms with van der Waals surface area (Å²) in [6.07, 6.45) is -3.63. The average molecular weight is 567 g/mol. The summed E-state index contributed by atoms with van der Waals surface area (Å²) in [5, 5.41) is 11.5. The maximum atomic E-state index is 13.1. The number of rotatable bonds is 3. The monoisotopic (exact) mass is 566 g/mol. The summed E-state index contributed by atoms with van der Waals surface area (Å²) in [5.41, 5.74) is -1.93. The van der Waals surface area contributed by atoms with Crippen LogP contribution in [0.1, 0.15) is 11.1 Å². The normalized spacial score (nSPS) is 16.0. The highest BCUT2D eigenvalue weighted by atomic mass is 127. The van der Waals surface area contributed by atoms with Crippen molar-refractivity contribution in [3.05, 3.63) is 55.6 Å². The number of hydrogen-bond donors (Lipinski definition) is 2. The van der Waals surface area contributed by atoms with Gasteiger partial charge < -0.3 is 9.84 Å². The van der Waals surface area contributed by atoms with Crippen molar-refractivity contribution in [3.8, 4) is 11.5 Å². The number of carbonyl (C=O) groups is 3. The maximum Gasteiger partial charge on any atom is 0.416 e. The van der Waals surface area contributed by atoms with Gasteiger partial charge in [0.05, 0.1) is 27.0 Å². The Labute approximate surface area is 191 Å². The SMILES string of the molecule is COc1cc(/C=C2\C(=O)NC(=O)N(c3cc(C(F)(F)F)ccc3Cl)C2=O)cc(I)c1O. The van der Waals surface area contributed by atoms with Gasteiger partial charge in [0.25, 0.3) is 11.8 Å². The fraction of sp³-hybridized carbons (Fsp3) is 0.105. The number of benzene rings is 2. The van der Waals surface area contributed by atoms with Crippen LogP contribution in [0.4, 0.5) is 23.7 Å². The molecule has 0 aromatic heterocycles. The molecule has 7 nitrogen and oxygen atoms in total. The first-order valence-corrected chi connectivity index (χ1v) is 9.74. The molecule has 31 heavy (non-hydrogen) atoms. The lowest BCUT2D eigenvalue weighted by molar-refractivity contribution is -0.137. The summed E-state index contributed by atoms with van der Waals surface area (Å²) < 4.78 is 44.6. The van der Waals surface area contributed by atoms with Gasteiger partial charge in [-0.05, 0) is 64.6 Å². The molecule has 0 unspecified atom stereocenters. The number of alkyl halides is 3. The number of barbiturate groups is 1. The molecule has 0 aliphatic carbocycles. The molecule has 0 spiro atoms. The minimum Gasteiger partial charge on any atom is -0.504 e. The number of imide groups is 2. The minimum atomic E-state index is -4.75. The molecule has 1 saturated heterocycles. The van der Waals surface area contributed by atoms with Crippen LogP contribution in [0.3, 0.4) is 0 Å². The summed E-state index contributed by atoms with van der Waals surface area (Å²) in [6, 6.07) is 3.66. The number of aromatic hydroxyl groups is 1. The van der Waals surface area contributed by atoms with Crippen molar-refractivity contribution in [1.82, 2.24) is 5.32 Å². The van der Waals surface area contributed by atoms with E-state index < -0.39 is 40.8 Å². The van der Waals surface area contributed by atoms with Crippen molar-refractivity contribution < 1.29 is 37.4 Å². The molecule has 4 amide bonds. The van der Waals surface area contributed by atoms with Crippen LogP contribution in [0.25, 0.3) is 6.08 Å². The van der Waals surface area contributed by atoms with Gasteiger partial charge in [-0.1, -0.05) is 11.6 Å². The third kappa shape index (κ3) is 4.46. The number of methoxy groups -OCH3 is 1. The van der Waals surface area contributed by atoms with Crippen molar-refractivity contribution in [3.63, 3.8) is 0 Å². The van der Waals surface area contributed by atoms with E-state index in [1.807, 2.05) is 5.32 Å². The van der Waals surface area contributed by atoms with E-state index in [1.54, 1.807) is 22.6 Å². The Morgan fingerprint density at radius 1 is 1.19 bits per heavy atom. The van der Waals surface area contributed by atoms with Gasteiger partial charge in [0, 0.05) is 0 Å². The zero-order valence-corrected chi connectivity index (χ0v) is 18.3. The number of hydrogen-bond acceptors (Lipinski definition) is 5. The lowest BCUT2D eigenvalue weighted by atomic mass is 10.1. The number of halogens is 5. The first kappa shape index (κ1) is 22.9. The highest BCUT2D eigenvalue weighted by Crippen LogP contribution is 2.37. The van der Waals surface area contributed by atoms with Crippen molar-refractivity contribution in [2.24, 2.45) is 0 Å². The first-order chi connectivity index (χ1) is 14.4. The molecule has 2 N–H and O–H groups in total. The van der Waals surface area contributed by atoms with E-state index in [0.29, 0.717) is 20.6 Å². The Balaban J connectivity index is 2.10. The Bertz CT molecular complexity index is 1150. The van der Waals surface area contributed by atoms with Crippen LogP contribution in [0.15, 0.2) is 35.9 Å². The van der Waals surface area contributed by atoms with Crippen LogP contribution < -0.4 is 15.0 Å². The minimum absolute atomic E-state index is 0.0660. The van der Waals surface area contributed by atoms with Gasteiger partial charge in [-0.3, -0.25) is 14.9 Å². The number of phenolic OH excluding ortho intramolecular Hbond substituents is 1. The summed E-state index contributed by atoms with van der Waals surface area (Å²) >= 11 is 7.74. The van der Waals surface area contributed by atoms with Gasteiger partial charge in [-0.25, -0.2) is 9.69 Å². The average Bonchev–Trinajstić information content (AvgIpc) is 2.68. The van der Waals surface area contributed by atoms with Gasteiger partial charge >= 0.3 is 12.2 Å². The number of carbonyl (C=O) groups excluding carboxylic acids is 3. The van der Waals surface area contributed by atoms with Gasteiger partial charge in [0.2, 0.25) is 0 Å². The van der Waals surface area contributed by atoms with E-state index in [4.69, 9.17) is 16.3 Å². The zero-order chi connectivity index (χ0) is 23.1. The number of phenols is 1. The second-order valence-corrected chi connectivity index (χ2v) is 7.74. The predicted octanol–water partition coefficient (Wildman–Crippen LogP) is 4.34. The van der Waals surface area contributed by atoms with Gasteiger partial charge in [0.15, 0.2) is 11.5 Å². The Hall–Kier alpha value is -2.80. The van der Waals surface area contributed by atoms with E-state index in [2.05, 4.69) is 0 Å². The number of anilines is 1. The molecule has 2 aromatic carbocycles. The zero-order valence-electron chi connectivity index (χ0n) is 15.4. The molecule has 1 fully saturated rings. The number of nitrogens with zero attached hydrogens (tertiary/aromatic N) is 1. The lowest BCUT2D eigenvalue weighted by Gasteiger charge is -2.27. The molecule has 1 aliphatic rings. The van der Waals surface area contributed by atoms with E-state index in [1.165, 1.54) is 19.2 Å². The molecule has 162 valence electrons. The van der Waals surface area contributed by atoms with Crippen LogP contribution in [0.2, 0.25) is 5.02 Å². The summed E-state index contributed by atoms with van der Waals surface area (Å²) in [5.74, 6) is -2.30. The molecule has 0 atom stereocenters. The second-order valence-electron chi connectivity index (χ2n) is 6.18. The Kier molecular flexibility index (Phi) is 6.18. The van der Waals surface area contributed by atoms with Crippen molar-refractivity contribution in [2.75, 3.05) is 12.0 Å². The van der Waals surface area contributed by atoms with Crippen LogP contribution >= 0.6 is 34.2 Å². The Morgan fingerprint density at radius 3 is 2.48 bits per heavy atom. The number of urea groups is 1. The van der Waals surface area contributed by atoms with Gasteiger partial charge in [-0.15, -0.1) is 0 Å². The van der Waals surface area contributed by atoms with E-state index in [0.717, 1.165) is 12.1 Å². The molecule has 0 saturated carbocycles. The van der Waals surface area contributed by atoms with Crippen molar-refractivity contribution in [1.29, 1.82) is 0 Å². The summed E-state index contributed by atoms with van der Waals surface area (Å²) in [4.78, 5) is 37.8. The highest BCUT2D eigenvalue weighted by molar-refractivity contribution is 14.1. The topological polar surface area (TPSA) is 95.9 Å². The smallest absolute Gasteiger partial charge is 0.416 e.